The minimum atomic E-state index is -0.565. The molecule has 1 unspecified atom stereocenters. The molecule has 0 saturated carbocycles. The normalized spacial score (nSPS) is 15.1. The van der Waals surface area contributed by atoms with E-state index in [-0.39, 0.29) is 11.6 Å². The van der Waals surface area contributed by atoms with Crippen LogP contribution in [0.15, 0.2) is 88.7 Å². The molecule has 4 rings (SSSR count). The first-order valence-corrected chi connectivity index (χ1v) is 10.8. The van der Waals surface area contributed by atoms with Gasteiger partial charge in [0, 0.05) is 27.2 Å². The van der Waals surface area contributed by atoms with Crippen LogP contribution in [0.1, 0.15) is 22.6 Å². The molecular formula is C25H16BrClN2O3. The fourth-order valence-corrected chi connectivity index (χ4v) is 4.16. The zero-order valence-electron chi connectivity index (χ0n) is 16.6. The number of rotatable bonds is 4. The third-order valence-corrected chi connectivity index (χ3v) is 6.00. The maximum Gasteiger partial charge on any atom is 0.336 e. The number of benzene rings is 3. The number of nitriles is 1. The van der Waals surface area contributed by atoms with Crippen LogP contribution in [0.3, 0.4) is 0 Å². The summed E-state index contributed by atoms with van der Waals surface area (Å²) in [6, 6.07) is 21.9. The van der Waals surface area contributed by atoms with Gasteiger partial charge >= 0.3 is 5.97 Å². The molecule has 3 aromatic rings. The van der Waals surface area contributed by atoms with Crippen LogP contribution < -0.4 is 15.2 Å². The Morgan fingerprint density at radius 3 is 2.62 bits per heavy atom. The summed E-state index contributed by atoms with van der Waals surface area (Å²) in [7, 11) is 0. The van der Waals surface area contributed by atoms with E-state index in [0.29, 0.717) is 21.9 Å². The Morgan fingerprint density at radius 2 is 1.88 bits per heavy atom. The number of nitrogens with two attached hydrogens (primary N) is 1. The molecule has 158 valence electrons. The fourth-order valence-electron chi connectivity index (χ4n) is 3.45. The highest BCUT2D eigenvalue weighted by Crippen LogP contribution is 2.45. The van der Waals surface area contributed by atoms with Crippen LogP contribution in [0, 0.1) is 11.3 Å². The molecule has 0 amide bonds. The van der Waals surface area contributed by atoms with Crippen molar-refractivity contribution in [1.29, 1.82) is 5.26 Å². The van der Waals surface area contributed by atoms with Gasteiger partial charge in [0.2, 0.25) is 5.88 Å². The van der Waals surface area contributed by atoms with E-state index in [4.69, 9.17) is 26.8 Å². The van der Waals surface area contributed by atoms with E-state index in [0.717, 1.165) is 15.6 Å². The van der Waals surface area contributed by atoms with E-state index in [1.807, 2.05) is 36.4 Å². The van der Waals surface area contributed by atoms with Gasteiger partial charge in [-0.3, -0.25) is 0 Å². The number of allylic oxidation sites excluding steroid dienone is 1. The quantitative estimate of drug-likeness (QED) is 0.268. The van der Waals surface area contributed by atoms with Gasteiger partial charge in [-0.05, 0) is 35.4 Å². The fraction of sp³-hybridized carbons (Fsp3) is 0.0400. The molecule has 3 aromatic carbocycles. The highest BCUT2D eigenvalue weighted by atomic mass is 79.9. The van der Waals surface area contributed by atoms with Crippen molar-refractivity contribution in [2.24, 2.45) is 5.73 Å². The lowest BCUT2D eigenvalue weighted by molar-refractivity contribution is -0.128. The average Bonchev–Trinajstić information content (AvgIpc) is 2.78. The Balaban J connectivity index is 1.62. The molecule has 2 N–H and O–H groups in total. The summed E-state index contributed by atoms with van der Waals surface area (Å²) in [5.74, 6) is -0.254. The van der Waals surface area contributed by atoms with E-state index in [9.17, 15) is 10.1 Å². The summed E-state index contributed by atoms with van der Waals surface area (Å²) in [6.45, 7) is 0. The second-order valence-corrected chi connectivity index (χ2v) is 8.18. The van der Waals surface area contributed by atoms with Crippen LogP contribution in [-0.4, -0.2) is 5.97 Å². The van der Waals surface area contributed by atoms with E-state index < -0.39 is 11.9 Å². The van der Waals surface area contributed by atoms with Crippen molar-refractivity contribution < 1.29 is 14.3 Å². The number of halogens is 2. The first kappa shape index (κ1) is 21.7. The zero-order chi connectivity index (χ0) is 22.7. The molecule has 1 heterocycles. The summed E-state index contributed by atoms with van der Waals surface area (Å²) >= 11 is 9.65. The molecule has 0 aromatic heterocycles. The van der Waals surface area contributed by atoms with Crippen LogP contribution in [-0.2, 0) is 4.79 Å². The molecule has 1 aliphatic rings. The van der Waals surface area contributed by atoms with Gasteiger partial charge in [0.1, 0.15) is 23.1 Å². The molecule has 5 nitrogen and oxygen atoms in total. The standard InChI is InChI=1S/C25H16BrClN2O3/c26-20-7-3-2-6-17(20)24-18-11-10-16(13-22(18)32-25(29)19(24)14-28)31-23(30)12-9-15-5-1-4-8-21(15)27/h1-13,24H,29H2/b12-9+. The molecule has 32 heavy (non-hydrogen) atoms. The monoisotopic (exact) mass is 506 g/mol. The Morgan fingerprint density at radius 1 is 1.12 bits per heavy atom. The van der Waals surface area contributed by atoms with Crippen molar-refractivity contribution in [3.63, 3.8) is 0 Å². The van der Waals surface area contributed by atoms with Crippen molar-refractivity contribution >= 4 is 39.6 Å². The number of hydrogen-bond acceptors (Lipinski definition) is 5. The summed E-state index contributed by atoms with van der Waals surface area (Å²) in [5.41, 5.74) is 8.69. The zero-order valence-corrected chi connectivity index (χ0v) is 18.9. The number of fused-ring (bicyclic) bond motifs is 1. The Bertz CT molecular complexity index is 1310. The van der Waals surface area contributed by atoms with Crippen LogP contribution in [0.5, 0.6) is 11.5 Å². The molecule has 0 fully saturated rings. The highest BCUT2D eigenvalue weighted by Gasteiger charge is 2.32. The lowest BCUT2D eigenvalue weighted by Crippen LogP contribution is -2.21. The molecule has 0 spiro atoms. The van der Waals surface area contributed by atoms with Crippen molar-refractivity contribution in [3.8, 4) is 17.6 Å². The van der Waals surface area contributed by atoms with Gasteiger partial charge < -0.3 is 15.2 Å². The second-order valence-electron chi connectivity index (χ2n) is 6.92. The molecule has 0 saturated heterocycles. The van der Waals surface area contributed by atoms with Crippen molar-refractivity contribution in [2.75, 3.05) is 0 Å². The molecular weight excluding hydrogens is 492 g/mol. The minimum absolute atomic E-state index is 0.0165. The Hall–Kier alpha value is -3.53. The largest absolute Gasteiger partial charge is 0.440 e. The Labute approximate surface area is 198 Å². The van der Waals surface area contributed by atoms with Gasteiger partial charge in [0.15, 0.2) is 0 Å². The number of hydrogen-bond donors (Lipinski definition) is 1. The van der Waals surface area contributed by atoms with Gasteiger partial charge in [0.25, 0.3) is 0 Å². The summed E-state index contributed by atoms with van der Waals surface area (Å²) < 4.78 is 11.9. The first-order chi connectivity index (χ1) is 15.5. The predicted molar refractivity (Wildman–Crippen MR) is 126 cm³/mol. The van der Waals surface area contributed by atoms with Gasteiger partial charge in [-0.25, -0.2) is 4.79 Å². The summed E-state index contributed by atoms with van der Waals surface area (Å²) in [5, 5.41) is 10.2. The number of ether oxygens (including phenoxy) is 2. The third-order valence-electron chi connectivity index (χ3n) is 4.93. The smallest absolute Gasteiger partial charge is 0.336 e. The predicted octanol–water partition coefficient (Wildman–Crippen LogP) is 5.94. The second kappa shape index (κ2) is 9.31. The van der Waals surface area contributed by atoms with Crippen LogP contribution in [0.4, 0.5) is 0 Å². The minimum Gasteiger partial charge on any atom is -0.440 e. The lowest BCUT2D eigenvalue weighted by Gasteiger charge is -2.27. The van der Waals surface area contributed by atoms with E-state index in [2.05, 4.69) is 22.0 Å². The lowest BCUT2D eigenvalue weighted by atomic mass is 9.83. The maximum atomic E-state index is 12.3. The molecule has 0 aliphatic carbocycles. The van der Waals surface area contributed by atoms with E-state index >= 15 is 0 Å². The van der Waals surface area contributed by atoms with Crippen LogP contribution in [0.25, 0.3) is 6.08 Å². The number of nitrogens with zero attached hydrogens (tertiary/aromatic N) is 1. The molecule has 1 aliphatic heterocycles. The molecule has 1 atom stereocenters. The van der Waals surface area contributed by atoms with Crippen molar-refractivity contribution in [2.45, 2.75) is 5.92 Å². The Kier molecular flexibility index (Phi) is 6.31. The van der Waals surface area contributed by atoms with Gasteiger partial charge in [0.05, 0.1) is 5.92 Å². The van der Waals surface area contributed by atoms with E-state index in [1.165, 1.54) is 6.08 Å². The van der Waals surface area contributed by atoms with Crippen LogP contribution >= 0.6 is 27.5 Å². The highest BCUT2D eigenvalue weighted by molar-refractivity contribution is 9.10. The maximum absolute atomic E-state index is 12.3. The number of carbonyl (C=O) groups excluding carboxylic acids is 1. The summed E-state index contributed by atoms with van der Waals surface area (Å²) in [6.07, 6.45) is 2.88. The van der Waals surface area contributed by atoms with Gasteiger partial charge in [-0.2, -0.15) is 5.26 Å². The van der Waals surface area contributed by atoms with Crippen molar-refractivity contribution in [3.05, 3.63) is 110 Å². The molecule has 0 radical (unpaired) electrons. The van der Waals surface area contributed by atoms with Gasteiger partial charge in [-0.15, -0.1) is 0 Å². The summed E-state index contributed by atoms with van der Waals surface area (Å²) in [4.78, 5) is 12.3. The third kappa shape index (κ3) is 4.40. The van der Waals surface area contributed by atoms with Crippen LogP contribution in [0.2, 0.25) is 5.02 Å². The first-order valence-electron chi connectivity index (χ1n) is 9.58. The molecule has 0 bridgehead atoms. The topological polar surface area (TPSA) is 85.3 Å². The molecule has 7 heteroatoms. The van der Waals surface area contributed by atoms with Gasteiger partial charge in [-0.1, -0.05) is 70.0 Å². The van der Waals surface area contributed by atoms with E-state index in [1.54, 1.807) is 36.4 Å². The number of esters is 1. The van der Waals surface area contributed by atoms with Crippen molar-refractivity contribution in [1.82, 2.24) is 0 Å². The number of carbonyl (C=O) groups is 1. The SMILES string of the molecule is N#CC1=C(N)Oc2cc(OC(=O)/C=C/c3ccccc3Cl)ccc2C1c1ccccc1Br. The average molecular weight is 508 g/mol.